The number of anilines is 2. The van der Waals surface area contributed by atoms with Gasteiger partial charge in [-0.05, 0) is 42.2 Å². The van der Waals surface area contributed by atoms with Crippen LogP contribution >= 0.6 is 0 Å². The lowest BCUT2D eigenvalue weighted by Gasteiger charge is -2.18. The van der Waals surface area contributed by atoms with Crippen LogP contribution in [0.2, 0.25) is 0 Å². The Morgan fingerprint density at radius 2 is 1.85 bits per heavy atom. The summed E-state index contributed by atoms with van der Waals surface area (Å²) >= 11 is 0. The summed E-state index contributed by atoms with van der Waals surface area (Å²) in [6.45, 7) is 1.45. The number of nitrogens with zero attached hydrogens (tertiary/aromatic N) is 4. The minimum atomic E-state index is -0.173. The van der Waals surface area contributed by atoms with E-state index in [1.54, 1.807) is 30.9 Å². The molecule has 26 heavy (non-hydrogen) atoms. The maximum atomic E-state index is 13.6. The maximum Gasteiger partial charge on any atom is 0.133 e. The monoisotopic (exact) mass is 351 g/mol. The quantitative estimate of drug-likeness (QED) is 0.674. The molecule has 0 fully saturated rings. The number of rotatable bonds is 8. The second kappa shape index (κ2) is 8.89. The van der Waals surface area contributed by atoms with E-state index in [2.05, 4.69) is 25.2 Å². The lowest BCUT2D eigenvalue weighted by molar-refractivity contribution is 0.610. The normalized spacial score (nSPS) is 10.5. The zero-order valence-electron chi connectivity index (χ0n) is 14.8. The van der Waals surface area contributed by atoms with Crippen LogP contribution in [0.4, 0.5) is 16.0 Å². The van der Waals surface area contributed by atoms with Gasteiger partial charge in [0.1, 0.15) is 23.8 Å². The summed E-state index contributed by atoms with van der Waals surface area (Å²) in [5.74, 6) is 1.41. The van der Waals surface area contributed by atoms with E-state index in [-0.39, 0.29) is 5.82 Å². The van der Waals surface area contributed by atoms with E-state index in [1.807, 2.05) is 31.3 Å². The molecule has 0 unspecified atom stereocenters. The Labute approximate surface area is 153 Å². The fourth-order valence-electron chi connectivity index (χ4n) is 2.64. The van der Waals surface area contributed by atoms with Gasteiger partial charge in [0.05, 0.1) is 0 Å². The SMILES string of the molecule is CN(CCc1ccncc1)c1cc(NCCc2ccccc2F)ncn1. The second-order valence-electron chi connectivity index (χ2n) is 6.06. The summed E-state index contributed by atoms with van der Waals surface area (Å²) in [5.41, 5.74) is 1.94. The van der Waals surface area contributed by atoms with Gasteiger partial charge in [-0.3, -0.25) is 4.98 Å². The molecule has 0 bridgehead atoms. The molecule has 2 heterocycles. The summed E-state index contributed by atoms with van der Waals surface area (Å²) in [7, 11) is 2.01. The molecule has 3 rings (SSSR count). The lowest BCUT2D eigenvalue weighted by atomic mass is 10.1. The Kier molecular flexibility index (Phi) is 6.09. The van der Waals surface area contributed by atoms with Crippen LogP contribution in [-0.4, -0.2) is 35.1 Å². The highest BCUT2D eigenvalue weighted by atomic mass is 19.1. The molecule has 0 radical (unpaired) electrons. The first-order valence-electron chi connectivity index (χ1n) is 8.62. The van der Waals surface area contributed by atoms with E-state index in [1.165, 1.54) is 11.6 Å². The third kappa shape index (κ3) is 4.99. The summed E-state index contributed by atoms with van der Waals surface area (Å²) in [6.07, 6.45) is 6.67. The Hall–Kier alpha value is -3.02. The molecule has 134 valence electrons. The topological polar surface area (TPSA) is 53.9 Å². The van der Waals surface area contributed by atoms with Gasteiger partial charge in [-0.1, -0.05) is 18.2 Å². The molecule has 0 spiro atoms. The molecule has 1 aromatic carbocycles. The van der Waals surface area contributed by atoms with Gasteiger partial charge in [-0.2, -0.15) is 0 Å². The molecule has 5 nitrogen and oxygen atoms in total. The number of likely N-dealkylation sites (N-methyl/N-ethyl adjacent to an activating group) is 1. The first-order valence-corrected chi connectivity index (χ1v) is 8.62. The number of hydrogen-bond donors (Lipinski definition) is 1. The van der Waals surface area contributed by atoms with E-state index in [0.29, 0.717) is 18.5 Å². The Balaban J connectivity index is 1.53. The van der Waals surface area contributed by atoms with Crippen molar-refractivity contribution in [1.82, 2.24) is 15.0 Å². The zero-order valence-corrected chi connectivity index (χ0v) is 14.8. The maximum absolute atomic E-state index is 13.6. The average Bonchev–Trinajstić information content (AvgIpc) is 2.69. The standard InChI is InChI=1S/C20H22FN5/c1-26(13-9-16-6-10-22-11-7-16)20-14-19(24-15-25-20)23-12-8-17-4-2-3-5-18(17)21/h2-7,10-11,14-15H,8-9,12-13H2,1H3,(H,23,24,25). The van der Waals surface area contributed by atoms with Gasteiger partial charge in [0.15, 0.2) is 0 Å². The van der Waals surface area contributed by atoms with Gasteiger partial charge in [0.25, 0.3) is 0 Å². The number of halogens is 1. The molecule has 2 aromatic heterocycles. The highest BCUT2D eigenvalue weighted by molar-refractivity contribution is 5.48. The van der Waals surface area contributed by atoms with Crippen molar-refractivity contribution in [2.45, 2.75) is 12.8 Å². The van der Waals surface area contributed by atoms with Crippen molar-refractivity contribution in [3.63, 3.8) is 0 Å². The van der Waals surface area contributed by atoms with Crippen LogP contribution in [0.5, 0.6) is 0 Å². The molecular formula is C20H22FN5. The molecule has 0 atom stereocenters. The smallest absolute Gasteiger partial charge is 0.133 e. The van der Waals surface area contributed by atoms with Gasteiger partial charge in [-0.25, -0.2) is 14.4 Å². The van der Waals surface area contributed by atoms with Crippen LogP contribution in [0, 0.1) is 5.82 Å². The van der Waals surface area contributed by atoms with Gasteiger partial charge >= 0.3 is 0 Å². The minimum Gasteiger partial charge on any atom is -0.370 e. The molecule has 0 saturated heterocycles. The largest absolute Gasteiger partial charge is 0.370 e. The van der Waals surface area contributed by atoms with Gasteiger partial charge in [-0.15, -0.1) is 0 Å². The molecule has 6 heteroatoms. The zero-order chi connectivity index (χ0) is 18.2. The van der Waals surface area contributed by atoms with Crippen LogP contribution in [0.15, 0.2) is 61.2 Å². The number of hydrogen-bond acceptors (Lipinski definition) is 5. The third-order valence-electron chi connectivity index (χ3n) is 4.19. The second-order valence-corrected chi connectivity index (χ2v) is 6.06. The third-order valence-corrected chi connectivity index (χ3v) is 4.19. The van der Waals surface area contributed by atoms with E-state index < -0.39 is 0 Å². The Morgan fingerprint density at radius 3 is 2.65 bits per heavy atom. The van der Waals surface area contributed by atoms with Crippen molar-refractivity contribution < 1.29 is 4.39 Å². The van der Waals surface area contributed by atoms with Gasteiger partial charge < -0.3 is 10.2 Å². The highest BCUT2D eigenvalue weighted by Gasteiger charge is 2.06. The van der Waals surface area contributed by atoms with Crippen LogP contribution in [0.1, 0.15) is 11.1 Å². The molecule has 3 aromatic rings. The lowest BCUT2D eigenvalue weighted by Crippen LogP contribution is -2.21. The summed E-state index contributed by atoms with van der Waals surface area (Å²) in [5, 5.41) is 3.24. The van der Waals surface area contributed by atoms with Gasteiger partial charge in [0, 0.05) is 38.6 Å². The van der Waals surface area contributed by atoms with E-state index in [0.717, 1.165) is 24.6 Å². The van der Waals surface area contributed by atoms with Crippen LogP contribution in [0.3, 0.4) is 0 Å². The number of aromatic nitrogens is 3. The first kappa shape index (κ1) is 17.8. The molecule has 1 N–H and O–H groups in total. The van der Waals surface area contributed by atoms with Crippen molar-refractivity contribution in [2.75, 3.05) is 30.4 Å². The average molecular weight is 351 g/mol. The number of nitrogens with one attached hydrogen (secondary N) is 1. The summed E-state index contributed by atoms with van der Waals surface area (Å²) in [4.78, 5) is 14.7. The predicted octanol–water partition coefficient (Wildman–Crippen LogP) is 3.34. The van der Waals surface area contributed by atoms with Crippen molar-refractivity contribution in [1.29, 1.82) is 0 Å². The fourth-order valence-corrected chi connectivity index (χ4v) is 2.64. The molecule has 0 aliphatic carbocycles. The molecular weight excluding hydrogens is 329 g/mol. The van der Waals surface area contributed by atoms with Crippen LogP contribution in [-0.2, 0) is 12.8 Å². The molecule has 0 aliphatic heterocycles. The molecule has 0 aliphatic rings. The van der Waals surface area contributed by atoms with Crippen molar-refractivity contribution in [3.8, 4) is 0 Å². The predicted molar refractivity (Wildman–Crippen MR) is 102 cm³/mol. The first-order chi connectivity index (χ1) is 12.7. The van der Waals surface area contributed by atoms with E-state index in [4.69, 9.17) is 0 Å². The van der Waals surface area contributed by atoms with Crippen molar-refractivity contribution in [2.24, 2.45) is 0 Å². The highest BCUT2D eigenvalue weighted by Crippen LogP contribution is 2.14. The van der Waals surface area contributed by atoms with Crippen molar-refractivity contribution >= 4 is 11.6 Å². The number of benzene rings is 1. The van der Waals surface area contributed by atoms with Crippen molar-refractivity contribution in [3.05, 3.63) is 78.1 Å². The van der Waals surface area contributed by atoms with E-state index >= 15 is 0 Å². The fraction of sp³-hybridized carbons (Fsp3) is 0.250. The van der Waals surface area contributed by atoms with Crippen LogP contribution < -0.4 is 10.2 Å². The van der Waals surface area contributed by atoms with E-state index in [9.17, 15) is 4.39 Å². The Bertz CT molecular complexity index is 825. The molecule has 0 saturated carbocycles. The van der Waals surface area contributed by atoms with Gasteiger partial charge in [0.2, 0.25) is 0 Å². The summed E-state index contributed by atoms with van der Waals surface area (Å²) in [6, 6.07) is 12.8. The van der Waals surface area contributed by atoms with Crippen LogP contribution in [0.25, 0.3) is 0 Å². The summed E-state index contributed by atoms with van der Waals surface area (Å²) < 4.78 is 13.6. The Morgan fingerprint density at radius 1 is 1.04 bits per heavy atom. The molecule has 0 amide bonds. The minimum absolute atomic E-state index is 0.173. The number of pyridine rings is 1.